The number of hydrogen-bond donors (Lipinski definition) is 2. The number of hydrogen-bond acceptors (Lipinski definition) is 6. The highest BCUT2D eigenvalue weighted by Gasteiger charge is 2.23. The number of phenols is 1. The first kappa shape index (κ1) is 24.4. The number of nitrogens with zero attached hydrogens (tertiary/aromatic N) is 1. The van der Waals surface area contributed by atoms with Gasteiger partial charge in [-0.2, -0.15) is 13.6 Å². The summed E-state index contributed by atoms with van der Waals surface area (Å²) in [5.41, 5.74) is 6.28. The summed E-state index contributed by atoms with van der Waals surface area (Å²) in [6, 6.07) is 20.6. The van der Waals surface area contributed by atoms with Crippen LogP contribution in [0.25, 0.3) is 11.1 Å². The Balaban J connectivity index is 1.47. The predicted octanol–water partition coefficient (Wildman–Crippen LogP) is 4.35. The number of rotatable bonds is 8. The van der Waals surface area contributed by atoms with Crippen LogP contribution in [0.2, 0.25) is 0 Å². The number of allylic oxidation sites excluding steroid dienone is 1. The van der Waals surface area contributed by atoms with Crippen molar-refractivity contribution in [3.8, 4) is 17.2 Å². The minimum atomic E-state index is -4.10. The Kier molecular flexibility index (Phi) is 7.00. The molecule has 1 fully saturated rings. The molecule has 3 N–H and O–H groups in total. The molecule has 8 heteroatoms. The molecule has 0 saturated carbocycles. The maximum absolute atomic E-state index is 11.4. The molecular formula is C28H30N2O5S. The van der Waals surface area contributed by atoms with Gasteiger partial charge in [-0.25, -0.2) is 0 Å². The van der Waals surface area contributed by atoms with Crippen LogP contribution >= 0.6 is 0 Å². The number of aryl methyl sites for hydroxylation is 1. The minimum Gasteiger partial charge on any atom is -0.508 e. The van der Waals surface area contributed by atoms with Gasteiger partial charge in [-0.05, 0) is 109 Å². The number of fused-ring (bicyclic) bond motifs is 1. The van der Waals surface area contributed by atoms with Crippen molar-refractivity contribution in [1.29, 1.82) is 0 Å². The van der Waals surface area contributed by atoms with Crippen LogP contribution in [0, 0.1) is 0 Å². The number of ether oxygens (including phenoxy) is 1. The van der Waals surface area contributed by atoms with Crippen molar-refractivity contribution in [3.63, 3.8) is 0 Å². The van der Waals surface area contributed by atoms with Gasteiger partial charge < -0.3 is 14.0 Å². The van der Waals surface area contributed by atoms with Crippen LogP contribution in [0.15, 0.2) is 66.7 Å². The third kappa shape index (κ3) is 5.73. The summed E-state index contributed by atoms with van der Waals surface area (Å²) in [6.45, 7) is 3.91. The lowest BCUT2D eigenvalue weighted by Crippen LogP contribution is -2.25. The van der Waals surface area contributed by atoms with Crippen molar-refractivity contribution in [2.24, 2.45) is 5.14 Å². The predicted molar refractivity (Wildman–Crippen MR) is 140 cm³/mol. The number of benzene rings is 3. The Morgan fingerprint density at radius 2 is 1.53 bits per heavy atom. The summed E-state index contributed by atoms with van der Waals surface area (Å²) in [7, 11) is -4.10. The molecule has 0 bridgehead atoms. The van der Waals surface area contributed by atoms with Gasteiger partial charge in [0.05, 0.1) is 0 Å². The van der Waals surface area contributed by atoms with Gasteiger partial charge in [-0.1, -0.05) is 30.3 Å². The van der Waals surface area contributed by atoms with E-state index in [2.05, 4.69) is 17.0 Å². The quantitative estimate of drug-likeness (QED) is 0.471. The van der Waals surface area contributed by atoms with Crippen LogP contribution in [-0.4, -0.2) is 44.7 Å². The molecule has 1 heterocycles. The van der Waals surface area contributed by atoms with E-state index >= 15 is 0 Å². The van der Waals surface area contributed by atoms with E-state index in [0.29, 0.717) is 13.0 Å². The fourth-order valence-corrected chi connectivity index (χ4v) is 5.42. The zero-order valence-electron chi connectivity index (χ0n) is 20.0. The smallest absolute Gasteiger partial charge is 0.380 e. The van der Waals surface area contributed by atoms with Crippen molar-refractivity contribution < 1.29 is 22.4 Å². The van der Waals surface area contributed by atoms with Crippen LogP contribution in [0.4, 0.5) is 0 Å². The Hall–Kier alpha value is -3.33. The topological polar surface area (TPSA) is 102 Å². The molecule has 0 unspecified atom stereocenters. The number of aromatic hydroxyl groups is 1. The molecule has 0 aromatic heterocycles. The summed E-state index contributed by atoms with van der Waals surface area (Å²) in [6.07, 6.45) is 4.00. The average Bonchev–Trinajstić information content (AvgIpc) is 3.37. The summed E-state index contributed by atoms with van der Waals surface area (Å²) in [5, 5.41) is 14.8. The van der Waals surface area contributed by atoms with Gasteiger partial charge in [0.2, 0.25) is 0 Å². The first-order chi connectivity index (χ1) is 17.4. The average molecular weight is 507 g/mol. The van der Waals surface area contributed by atoms with Crippen molar-refractivity contribution in [2.75, 3.05) is 26.2 Å². The van der Waals surface area contributed by atoms with Crippen LogP contribution < -0.4 is 14.1 Å². The van der Waals surface area contributed by atoms with Gasteiger partial charge in [0.15, 0.2) is 0 Å². The third-order valence-corrected chi connectivity index (χ3v) is 7.16. The molecule has 2 aliphatic rings. The molecule has 3 aromatic rings. The standard InChI is InChI=1S/C28H30N2O5S/c29-36(32,33)35-25-12-14-27-22(19-25)7-13-26(20-3-8-23(31)9-4-20)28(27)21-5-10-24(11-6-21)34-18-17-30-15-1-2-16-30/h3-6,8-12,14,19,31H,1-2,7,13,15-18H2,(H2,29,32,33). The number of phenolic OH excluding ortho intramolecular Hbond substituents is 1. The second-order valence-corrected chi connectivity index (χ2v) is 10.4. The van der Waals surface area contributed by atoms with Crippen LogP contribution in [0.1, 0.15) is 41.5 Å². The van der Waals surface area contributed by atoms with Crippen molar-refractivity contribution in [1.82, 2.24) is 4.90 Å². The highest BCUT2D eigenvalue weighted by atomic mass is 32.2. The Labute approximate surface area is 212 Å². The van der Waals surface area contributed by atoms with E-state index in [1.165, 1.54) is 12.8 Å². The van der Waals surface area contributed by atoms with Crippen LogP contribution in [0.5, 0.6) is 17.2 Å². The molecule has 1 aliphatic heterocycles. The van der Waals surface area contributed by atoms with E-state index < -0.39 is 10.3 Å². The normalized spacial score (nSPS) is 16.1. The summed E-state index contributed by atoms with van der Waals surface area (Å²) < 4.78 is 33.7. The molecule has 188 valence electrons. The molecule has 1 aliphatic carbocycles. The molecular weight excluding hydrogens is 476 g/mol. The highest BCUT2D eigenvalue weighted by molar-refractivity contribution is 7.84. The van der Waals surface area contributed by atoms with Crippen LogP contribution in [-0.2, 0) is 16.7 Å². The lowest BCUT2D eigenvalue weighted by Gasteiger charge is -2.25. The van der Waals surface area contributed by atoms with E-state index in [-0.39, 0.29) is 11.5 Å². The maximum atomic E-state index is 11.4. The second-order valence-electron chi connectivity index (χ2n) is 9.22. The zero-order chi connectivity index (χ0) is 25.1. The Morgan fingerprint density at radius 1 is 0.861 bits per heavy atom. The summed E-state index contributed by atoms with van der Waals surface area (Å²) in [5.74, 6) is 1.25. The van der Waals surface area contributed by atoms with Gasteiger partial charge in [0, 0.05) is 6.54 Å². The van der Waals surface area contributed by atoms with Crippen molar-refractivity contribution in [2.45, 2.75) is 25.7 Å². The molecule has 0 spiro atoms. The summed E-state index contributed by atoms with van der Waals surface area (Å²) >= 11 is 0. The SMILES string of the molecule is NS(=O)(=O)Oc1ccc2c(c1)CCC(c1ccc(O)cc1)=C2c1ccc(OCCN2CCCC2)cc1. The first-order valence-corrected chi connectivity index (χ1v) is 13.7. The van der Waals surface area contributed by atoms with E-state index in [0.717, 1.165) is 65.2 Å². The van der Waals surface area contributed by atoms with Crippen molar-refractivity contribution >= 4 is 21.5 Å². The van der Waals surface area contributed by atoms with E-state index in [1.807, 2.05) is 30.3 Å². The van der Waals surface area contributed by atoms with Crippen molar-refractivity contribution in [3.05, 3.63) is 89.0 Å². The second kappa shape index (κ2) is 10.3. The first-order valence-electron chi connectivity index (χ1n) is 12.2. The van der Waals surface area contributed by atoms with E-state index in [9.17, 15) is 13.5 Å². The van der Waals surface area contributed by atoms with Gasteiger partial charge in [-0.3, -0.25) is 4.90 Å². The fourth-order valence-electron chi connectivity index (χ4n) is 5.05. The largest absolute Gasteiger partial charge is 0.508 e. The molecule has 0 atom stereocenters. The van der Waals surface area contributed by atoms with E-state index in [4.69, 9.17) is 14.1 Å². The van der Waals surface area contributed by atoms with Gasteiger partial charge in [0.25, 0.3) is 0 Å². The molecule has 5 rings (SSSR count). The van der Waals surface area contributed by atoms with Crippen LogP contribution in [0.3, 0.4) is 0 Å². The van der Waals surface area contributed by atoms with Gasteiger partial charge in [0.1, 0.15) is 23.9 Å². The summed E-state index contributed by atoms with van der Waals surface area (Å²) in [4.78, 5) is 2.43. The molecule has 1 saturated heterocycles. The maximum Gasteiger partial charge on any atom is 0.380 e. The minimum absolute atomic E-state index is 0.199. The lowest BCUT2D eigenvalue weighted by molar-refractivity contribution is 0.238. The lowest BCUT2D eigenvalue weighted by atomic mass is 9.79. The number of likely N-dealkylation sites (tertiary alicyclic amines) is 1. The molecule has 7 nitrogen and oxygen atoms in total. The van der Waals surface area contributed by atoms with Gasteiger partial charge >= 0.3 is 10.3 Å². The van der Waals surface area contributed by atoms with Gasteiger partial charge in [-0.15, -0.1) is 0 Å². The Bertz CT molecular complexity index is 1360. The zero-order valence-corrected chi connectivity index (χ0v) is 20.8. The third-order valence-electron chi connectivity index (χ3n) is 6.74. The highest BCUT2D eigenvalue weighted by Crippen LogP contribution is 2.42. The van der Waals surface area contributed by atoms with E-state index in [1.54, 1.807) is 24.3 Å². The monoisotopic (exact) mass is 506 g/mol. The molecule has 0 radical (unpaired) electrons. The molecule has 0 amide bonds. The molecule has 36 heavy (non-hydrogen) atoms. The molecule has 3 aromatic carbocycles. The fraction of sp³-hybridized carbons (Fsp3) is 0.286. The number of nitrogens with two attached hydrogens (primary N) is 1. The Morgan fingerprint density at radius 3 is 2.22 bits per heavy atom.